The van der Waals surface area contributed by atoms with Gasteiger partial charge < -0.3 is 10.2 Å². The summed E-state index contributed by atoms with van der Waals surface area (Å²) >= 11 is 5.50. The first kappa shape index (κ1) is 19.7. The molecule has 2 aromatic rings. The Morgan fingerprint density at radius 3 is 2.48 bits per heavy atom. The molecule has 1 fully saturated rings. The number of thiocarbonyl (C=S) groups is 1. The monoisotopic (exact) mass is 407 g/mol. The molecule has 2 aromatic carbocycles. The molecule has 3 rings (SSSR count). The topological polar surface area (TPSA) is 52.6 Å². The summed E-state index contributed by atoms with van der Waals surface area (Å²) in [6.45, 7) is 3.65. The second-order valence-corrected chi connectivity index (χ2v) is 8.61. The van der Waals surface area contributed by atoms with Crippen molar-refractivity contribution in [3.8, 4) is 0 Å². The molecule has 1 N–H and O–H groups in total. The van der Waals surface area contributed by atoms with Crippen LogP contribution in [0.2, 0.25) is 0 Å². The van der Waals surface area contributed by atoms with Gasteiger partial charge in [-0.2, -0.15) is 4.31 Å². The Kier molecular flexibility index (Phi) is 6.08. The number of anilines is 1. The standard InChI is InChI=1S/C19H22FN3O2S2/c1-2-15-6-3-4-9-18(15)21-19(26)22-10-12-23(13-11-22)27(24,25)17-8-5-7-16(20)14-17/h3-9,14H,2,10-13H2,1H3,(H,21,26). The van der Waals surface area contributed by atoms with Crippen LogP contribution in [0.5, 0.6) is 0 Å². The fourth-order valence-electron chi connectivity index (χ4n) is 3.05. The minimum Gasteiger partial charge on any atom is -0.346 e. The highest BCUT2D eigenvalue weighted by Gasteiger charge is 2.29. The zero-order chi connectivity index (χ0) is 19.4. The van der Waals surface area contributed by atoms with Gasteiger partial charge in [-0.1, -0.05) is 31.2 Å². The molecule has 5 nitrogen and oxygen atoms in total. The summed E-state index contributed by atoms with van der Waals surface area (Å²) in [5, 5.41) is 3.85. The maximum atomic E-state index is 13.4. The Hall–Kier alpha value is -2.03. The predicted molar refractivity (Wildman–Crippen MR) is 109 cm³/mol. The second kappa shape index (κ2) is 8.33. The van der Waals surface area contributed by atoms with E-state index in [0.29, 0.717) is 31.3 Å². The molecule has 0 unspecified atom stereocenters. The first-order valence-corrected chi connectivity index (χ1v) is 10.7. The molecule has 0 atom stereocenters. The second-order valence-electron chi connectivity index (χ2n) is 6.29. The van der Waals surface area contributed by atoms with Gasteiger partial charge in [0, 0.05) is 31.9 Å². The quantitative estimate of drug-likeness (QED) is 0.790. The van der Waals surface area contributed by atoms with Gasteiger partial charge in [0.15, 0.2) is 5.11 Å². The summed E-state index contributed by atoms with van der Waals surface area (Å²) in [5.74, 6) is -0.560. The molecule has 1 heterocycles. The van der Waals surface area contributed by atoms with Crippen LogP contribution in [0, 0.1) is 5.82 Å². The van der Waals surface area contributed by atoms with Gasteiger partial charge in [0.25, 0.3) is 0 Å². The number of aryl methyl sites for hydroxylation is 1. The van der Waals surface area contributed by atoms with Crippen LogP contribution < -0.4 is 5.32 Å². The SMILES string of the molecule is CCc1ccccc1NC(=S)N1CCN(S(=O)(=O)c2cccc(F)c2)CC1. The average Bonchev–Trinajstić information content (AvgIpc) is 2.68. The molecule has 0 bridgehead atoms. The minimum atomic E-state index is -3.70. The molecule has 144 valence electrons. The lowest BCUT2D eigenvalue weighted by molar-refractivity contribution is 0.268. The van der Waals surface area contributed by atoms with Gasteiger partial charge >= 0.3 is 0 Å². The van der Waals surface area contributed by atoms with Crippen LogP contribution in [0.3, 0.4) is 0 Å². The number of rotatable bonds is 4. The first-order chi connectivity index (χ1) is 12.9. The summed E-state index contributed by atoms with van der Waals surface area (Å²) in [6.07, 6.45) is 0.894. The molecular weight excluding hydrogens is 385 g/mol. The van der Waals surface area contributed by atoms with Crippen LogP contribution in [-0.2, 0) is 16.4 Å². The van der Waals surface area contributed by atoms with Crippen molar-refractivity contribution < 1.29 is 12.8 Å². The third-order valence-electron chi connectivity index (χ3n) is 4.60. The van der Waals surface area contributed by atoms with Crippen molar-refractivity contribution in [1.29, 1.82) is 0 Å². The van der Waals surface area contributed by atoms with E-state index in [4.69, 9.17) is 12.2 Å². The van der Waals surface area contributed by atoms with E-state index in [2.05, 4.69) is 18.3 Å². The predicted octanol–water partition coefficient (Wildman–Crippen LogP) is 3.09. The van der Waals surface area contributed by atoms with Crippen molar-refractivity contribution in [2.75, 3.05) is 31.5 Å². The molecule has 0 aromatic heterocycles. The van der Waals surface area contributed by atoms with E-state index in [-0.39, 0.29) is 4.90 Å². The molecule has 1 aliphatic heterocycles. The van der Waals surface area contributed by atoms with Gasteiger partial charge in [0.05, 0.1) is 4.90 Å². The van der Waals surface area contributed by atoms with Gasteiger partial charge in [-0.25, -0.2) is 12.8 Å². The number of para-hydroxylation sites is 1. The lowest BCUT2D eigenvalue weighted by Crippen LogP contribution is -2.51. The summed E-state index contributed by atoms with van der Waals surface area (Å²) in [5.41, 5.74) is 2.15. The highest BCUT2D eigenvalue weighted by molar-refractivity contribution is 7.89. The summed E-state index contributed by atoms with van der Waals surface area (Å²) in [4.78, 5) is 1.94. The maximum Gasteiger partial charge on any atom is 0.243 e. The number of hydrogen-bond donors (Lipinski definition) is 1. The van der Waals surface area contributed by atoms with Crippen LogP contribution >= 0.6 is 12.2 Å². The molecule has 0 saturated carbocycles. The van der Waals surface area contributed by atoms with Crippen molar-refractivity contribution >= 4 is 33.0 Å². The van der Waals surface area contributed by atoms with Crippen LogP contribution in [-0.4, -0.2) is 48.9 Å². The molecular formula is C19H22FN3O2S2. The molecule has 1 aliphatic rings. The number of nitrogens with one attached hydrogen (secondary N) is 1. The average molecular weight is 408 g/mol. The van der Waals surface area contributed by atoms with Gasteiger partial charge in [-0.3, -0.25) is 0 Å². The van der Waals surface area contributed by atoms with Crippen molar-refractivity contribution in [3.05, 3.63) is 59.9 Å². The zero-order valence-electron chi connectivity index (χ0n) is 15.1. The Morgan fingerprint density at radius 2 is 1.81 bits per heavy atom. The molecule has 0 spiro atoms. The summed E-state index contributed by atoms with van der Waals surface area (Å²) < 4.78 is 40.1. The zero-order valence-corrected chi connectivity index (χ0v) is 16.7. The lowest BCUT2D eigenvalue weighted by Gasteiger charge is -2.35. The number of benzene rings is 2. The fourth-order valence-corrected chi connectivity index (χ4v) is 4.80. The molecule has 0 amide bonds. The molecule has 8 heteroatoms. The summed E-state index contributed by atoms with van der Waals surface area (Å²) in [7, 11) is -3.70. The van der Waals surface area contributed by atoms with Crippen LogP contribution in [0.1, 0.15) is 12.5 Å². The van der Waals surface area contributed by atoms with Crippen LogP contribution in [0.25, 0.3) is 0 Å². The molecule has 1 saturated heterocycles. The maximum absolute atomic E-state index is 13.4. The number of sulfonamides is 1. The van der Waals surface area contributed by atoms with Crippen LogP contribution in [0.15, 0.2) is 53.4 Å². The fraction of sp³-hybridized carbons (Fsp3) is 0.316. The Labute approximate surface area is 164 Å². The highest BCUT2D eigenvalue weighted by Crippen LogP contribution is 2.20. The van der Waals surface area contributed by atoms with Gasteiger partial charge in [-0.05, 0) is 48.5 Å². The Balaban J connectivity index is 1.64. The summed E-state index contributed by atoms with van der Waals surface area (Å²) in [6, 6.07) is 13.1. The Morgan fingerprint density at radius 1 is 1.11 bits per heavy atom. The van der Waals surface area contributed by atoms with Crippen LogP contribution in [0.4, 0.5) is 10.1 Å². The normalized spacial score (nSPS) is 15.6. The number of piperazine rings is 1. The molecule has 27 heavy (non-hydrogen) atoms. The van der Waals surface area contributed by atoms with Gasteiger partial charge in [0.1, 0.15) is 5.82 Å². The van der Waals surface area contributed by atoms with E-state index in [0.717, 1.165) is 18.2 Å². The van der Waals surface area contributed by atoms with Crippen molar-refractivity contribution in [2.24, 2.45) is 0 Å². The number of hydrogen-bond acceptors (Lipinski definition) is 3. The van der Waals surface area contributed by atoms with Gasteiger partial charge in [-0.15, -0.1) is 0 Å². The number of halogens is 1. The minimum absolute atomic E-state index is 0.0199. The number of nitrogens with zero attached hydrogens (tertiary/aromatic N) is 2. The van der Waals surface area contributed by atoms with E-state index in [1.54, 1.807) is 0 Å². The van der Waals surface area contributed by atoms with E-state index in [9.17, 15) is 12.8 Å². The van der Waals surface area contributed by atoms with E-state index >= 15 is 0 Å². The van der Waals surface area contributed by atoms with E-state index < -0.39 is 15.8 Å². The van der Waals surface area contributed by atoms with E-state index in [1.165, 1.54) is 28.1 Å². The van der Waals surface area contributed by atoms with Gasteiger partial charge in [0.2, 0.25) is 10.0 Å². The molecule has 0 aliphatic carbocycles. The van der Waals surface area contributed by atoms with E-state index in [1.807, 2.05) is 23.1 Å². The van der Waals surface area contributed by atoms with Crippen molar-refractivity contribution in [1.82, 2.24) is 9.21 Å². The first-order valence-electron chi connectivity index (χ1n) is 8.81. The smallest absolute Gasteiger partial charge is 0.243 e. The lowest BCUT2D eigenvalue weighted by atomic mass is 10.1. The largest absolute Gasteiger partial charge is 0.346 e. The highest BCUT2D eigenvalue weighted by atomic mass is 32.2. The van der Waals surface area contributed by atoms with Crippen molar-refractivity contribution in [3.63, 3.8) is 0 Å². The van der Waals surface area contributed by atoms with Crippen molar-refractivity contribution in [2.45, 2.75) is 18.2 Å². The third kappa shape index (κ3) is 4.45. The molecule has 0 radical (unpaired) electrons. The Bertz CT molecular complexity index is 926. The third-order valence-corrected chi connectivity index (χ3v) is 6.85.